The Bertz CT molecular complexity index is 854. The van der Waals surface area contributed by atoms with Crippen molar-refractivity contribution >= 4 is 28.3 Å². The zero-order chi connectivity index (χ0) is 25.4. The van der Waals surface area contributed by atoms with Crippen molar-refractivity contribution in [1.29, 1.82) is 0 Å². The highest BCUT2D eigenvalue weighted by Gasteiger charge is 2.43. The molecule has 15 heteroatoms. The molecule has 2 aliphatic heterocycles. The van der Waals surface area contributed by atoms with E-state index in [0.717, 1.165) is 30.8 Å². The van der Waals surface area contributed by atoms with Crippen LogP contribution in [0.2, 0.25) is 0 Å². The molecule has 192 valence electrons. The van der Waals surface area contributed by atoms with Crippen molar-refractivity contribution in [3.8, 4) is 0 Å². The Balaban J connectivity index is 0.000000509. The van der Waals surface area contributed by atoms with Crippen molar-refractivity contribution in [2.24, 2.45) is 0 Å². The largest absolute Gasteiger partial charge is 0.490 e. The number of carboxylic acids is 1. The third kappa shape index (κ3) is 8.70. The number of hydrogen-bond donors (Lipinski definition) is 3. The van der Waals surface area contributed by atoms with Gasteiger partial charge in [-0.2, -0.15) is 13.2 Å². The van der Waals surface area contributed by atoms with E-state index in [-0.39, 0.29) is 27.7 Å². The summed E-state index contributed by atoms with van der Waals surface area (Å²) >= 11 is 1.21. The summed E-state index contributed by atoms with van der Waals surface area (Å²) in [5.74, 6) is -2.76. The average Bonchev–Trinajstić information content (AvgIpc) is 3.32. The Morgan fingerprint density at radius 1 is 1.38 bits per heavy atom. The van der Waals surface area contributed by atoms with Crippen LogP contribution in [0.3, 0.4) is 0 Å². The summed E-state index contributed by atoms with van der Waals surface area (Å²) in [6.07, 6.45) is -3.37. The molecule has 34 heavy (non-hydrogen) atoms. The lowest BCUT2D eigenvalue weighted by Gasteiger charge is -2.31. The number of thiophene rings is 1. The number of ether oxygens (including phenoxy) is 2. The first-order chi connectivity index (χ1) is 15.9. The van der Waals surface area contributed by atoms with Crippen LogP contribution in [-0.4, -0.2) is 84.2 Å². The van der Waals surface area contributed by atoms with Crippen molar-refractivity contribution in [1.82, 2.24) is 15.5 Å². The average molecular weight is 513 g/mol. The quantitative estimate of drug-likeness (QED) is 0.389. The Kier molecular flexibility index (Phi) is 10.0. The first-order valence-electron chi connectivity index (χ1n) is 10.5. The predicted molar refractivity (Wildman–Crippen MR) is 115 cm³/mol. The molecule has 1 spiro atoms. The van der Waals surface area contributed by atoms with E-state index in [0.29, 0.717) is 32.8 Å². The Hall–Kier alpha value is -2.49. The van der Waals surface area contributed by atoms with Gasteiger partial charge in [-0.05, 0) is 25.8 Å². The number of carbonyl (C=O) groups excluding carboxylic acids is 1. The number of urea groups is 1. The van der Waals surface area contributed by atoms with Gasteiger partial charge in [-0.1, -0.05) is 11.3 Å². The summed E-state index contributed by atoms with van der Waals surface area (Å²) in [4.78, 5) is 34.2. The Morgan fingerprint density at radius 2 is 2.09 bits per heavy atom. The zero-order valence-electron chi connectivity index (χ0n) is 18.4. The molecule has 2 unspecified atom stereocenters. The summed E-state index contributed by atoms with van der Waals surface area (Å²) in [5.41, 5.74) is -0.382. The van der Waals surface area contributed by atoms with E-state index in [1.807, 2.05) is 13.0 Å². The monoisotopic (exact) mass is 512 g/mol. The highest BCUT2D eigenvalue weighted by atomic mass is 32.1. The fourth-order valence-electron chi connectivity index (χ4n) is 3.58. The molecular weight excluding hydrogens is 485 g/mol. The molecule has 2 saturated heterocycles. The van der Waals surface area contributed by atoms with Crippen molar-refractivity contribution in [3.05, 3.63) is 27.1 Å². The second kappa shape index (κ2) is 12.3. The van der Waals surface area contributed by atoms with Gasteiger partial charge in [-0.15, -0.1) is 0 Å². The number of nitro groups is 1. The van der Waals surface area contributed by atoms with Gasteiger partial charge in [0.25, 0.3) is 0 Å². The summed E-state index contributed by atoms with van der Waals surface area (Å²) in [6.45, 7) is 6.21. The second-order valence-corrected chi connectivity index (χ2v) is 8.91. The summed E-state index contributed by atoms with van der Waals surface area (Å²) in [6, 6.07) is 3.19. The van der Waals surface area contributed by atoms with Crippen LogP contribution in [0.25, 0.3) is 0 Å². The first kappa shape index (κ1) is 27.8. The van der Waals surface area contributed by atoms with E-state index in [9.17, 15) is 28.1 Å². The van der Waals surface area contributed by atoms with Crippen LogP contribution in [0.15, 0.2) is 12.1 Å². The minimum atomic E-state index is -5.08. The van der Waals surface area contributed by atoms with Gasteiger partial charge in [0.15, 0.2) is 0 Å². The molecule has 2 amide bonds. The van der Waals surface area contributed by atoms with E-state index in [1.165, 1.54) is 11.3 Å². The molecule has 3 rings (SSSR count). The molecule has 0 saturated carbocycles. The van der Waals surface area contributed by atoms with Crippen LogP contribution < -0.4 is 10.6 Å². The molecule has 2 aliphatic rings. The third-order valence-corrected chi connectivity index (χ3v) is 6.07. The minimum absolute atomic E-state index is 0.0287. The molecule has 1 aromatic heterocycles. The maximum atomic E-state index is 11.6. The molecule has 0 radical (unpaired) electrons. The number of nitrogens with zero attached hydrogens (tertiary/aromatic N) is 2. The van der Waals surface area contributed by atoms with Gasteiger partial charge in [0.2, 0.25) is 0 Å². The number of rotatable bonds is 6. The number of nitrogens with one attached hydrogen (secondary N) is 2. The van der Waals surface area contributed by atoms with Crippen molar-refractivity contribution in [2.45, 2.75) is 44.2 Å². The normalized spacial score (nSPS) is 23.0. The number of carbonyl (C=O) groups is 2. The highest BCUT2D eigenvalue weighted by molar-refractivity contribution is 7.15. The van der Waals surface area contributed by atoms with Gasteiger partial charge < -0.3 is 25.2 Å². The molecule has 1 aromatic rings. The second-order valence-electron chi connectivity index (χ2n) is 7.77. The van der Waals surface area contributed by atoms with Crippen LogP contribution >= 0.6 is 11.3 Å². The number of amides is 2. The fraction of sp³-hybridized carbons (Fsp3) is 0.684. The minimum Gasteiger partial charge on any atom is -0.475 e. The highest BCUT2D eigenvalue weighted by Crippen LogP contribution is 2.34. The van der Waals surface area contributed by atoms with Crippen LogP contribution in [0, 0.1) is 10.1 Å². The fourth-order valence-corrected chi connectivity index (χ4v) is 4.44. The van der Waals surface area contributed by atoms with E-state index in [1.54, 1.807) is 6.07 Å². The summed E-state index contributed by atoms with van der Waals surface area (Å²) in [7, 11) is 0. The lowest BCUT2D eigenvalue weighted by atomic mass is 10.00. The van der Waals surface area contributed by atoms with Crippen molar-refractivity contribution < 1.29 is 42.3 Å². The molecular formula is C19H27F3N4O7S. The van der Waals surface area contributed by atoms with E-state index in [2.05, 4.69) is 15.5 Å². The van der Waals surface area contributed by atoms with Gasteiger partial charge in [0.1, 0.15) is 5.60 Å². The van der Waals surface area contributed by atoms with Gasteiger partial charge in [-0.25, -0.2) is 9.59 Å². The van der Waals surface area contributed by atoms with E-state index in [4.69, 9.17) is 19.4 Å². The first-order valence-corrected chi connectivity index (χ1v) is 11.3. The van der Waals surface area contributed by atoms with Crippen LogP contribution in [-0.2, 0) is 20.8 Å². The maximum Gasteiger partial charge on any atom is 0.490 e. The maximum absolute atomic E-state index is 11.6. The topological polar surface area (TPSA) is 143 Å². The number of aliphatic carboxylic acids is 1. The van der Waals surface area contributed by atoms with Crippen molar-refractivity contribution in [3.63, 3.8) is 0 Å². The molecule has 0 aromatic carbocycles. The predicted octanol–water partition coefficient (Wildman–Crippen LogP) is 2.36. The Morgan fingerprint density at radius 3 is 2.68 bits per heavy atom. The molecule has 2 fully saturated rings. The lowest BCUT2D eigenvalue weighted by Crippen LogP contribution is -2.45. The van der Waals surface area contributed by atoms with Gasteiger partial charge in [0.05, 0.1) is 24.2 Å². The molecule has 3 N–H and O–H groups in total. The van der Waals surface area contributed by atoms with Gasteiger partial charge >= 0.3 is 23.2 Å². The standard InChI is InChI=1S/C17H26N4O5S.C2HF3O2/c1-2-18-16(22)19-9-13-5-6-17(26-13)11-20(7-8-25-12-17)10-14-3-4-15(27-14)21(23)24;3-2(4,5)1(6)7/h3-4,13H,2,5-12H2,1H3,(H2,18,19,22);(H,6,7). The molecule has 11 nitrogen and oxygen atoms in total. The SMILES string of the molecule is CCNC(=O)NCC1CCC2(COCCN(Cc3ccc([N+](=O)[O-])s3)C2)O1.O=C(O)C(F)(F)F. The van der Waals surface area contributed by atoms with Gasteiger partial charge in [-0.3, -0.25) is 15.0 Å². The smallest absolute Gasteiger partial charge is 0.475 e. The zero-order valence-corrected chi connectivity index (χ0v) is 19.2. The van der Waals surface area contributed by atoms with Crippen LogP contribution in [0.5, 0.6) is 0 Å². The molecule has 2 atom stereocenters. The summed E-state index contributed by atoms with van der Waals surface area (Å²) in [5, 5.41) is 23.7. The van der Waals surface area contributed by atoms with Crippen LogP contribution in [0.1, 0.15) is 24.6 Å². The molecule has 0 bridgehead atoms. The molecule has 3 heterocycles. The molecule has 0 aliphatic carbocycles. The lowest BCUT2D eigenvalue weighted by molar-refractivity contribution is -0.380. The van der Waals surface area contributed by atoms with Gasteiger partial charge in [0, 0.05) is 43.7 Å². The summed E-state index contributed by atoms with van der Waals surface area (Å²) < 4.78 is 43.8. The Labute approximate surface area is 197 Å². The number of hydrogen-bond acceptors (Lipinski definition) is 8. The third-order valence-electron chi connectivity index (χ3n) is 5.04. The number of alkyl halides is 3. The van der Waals surface area contributed by atoms with Crippen LogP contribution in [0.4, 0.5) is 23.0 Å². The van der Waals surface area contributed by atoms with Crippen molar-refractivity contribution in [2.75, 3.05) is 39.4 Å². The number of halogens is 3. The van der Waals surface area contributed by atoms with E-state index >= 15 is 0 Å². The van der Waals surface area contributed by atoms with E-state index < -0.39 is 12.1 Å². The number of carboxylic acid groups (broad SMARTS) is 1.